The maximum atomic E-state index is 9.47. The van der Waals surface area contributed by atoms with Crippen molar-refractivity contribution in [2.45, 2.75) is 45.1 Å². The van der Waals surface area contributed by atoms with Gasteiger partial charge in [0.05, 0.1) is 29.5 Å². The molecule has 1 aromatic carbocycles. The zero-order valence-electron chi connectivity index (χ0n) is 13.8. The molecule has 6 heteroatoms. The Bertz CT molecular complexity index is 788. The SMILES string of the molecule is CC(C)(C#N)c1cc(Cn2cncn2)c(N)c(C(C)(C)C#N)c1. The van der Waals surface area contributed by atoms with E-state index in [0.29, 0.717) is 12.2 Å². The van der Waals surface area contributed by atoms with E-state index in [9.17, 15) is 10.5 Å². The van der Waals surface area contributed by atoms with Crippen molar-refractivity contribution >= 4 is 5.69 Å². The van der Waals surface area contributed by atoms with Gasteiger partial charge in [0.25, 0.3) is 0 Å². The maximum Gasteiger partial charge on any atom is 0.137 e. The van der Waals surface area contributed by atoms with Crippen molar-refractivity contribution < 1.29 is 0 Å². The third-order valence-electron chi connectivity index (χ3n) is 4.02. The van der Waals surface area contributed by atoms with Crippen molar-refractivity contribution in [2.75, 3.05) is 5.73 Å². The number of nitriles is 2. The van der Waals surface area contributed by atoms with Crippen LogP contribution in [0.2, 0.25) is 0 Å². The van der Waals surface area contributed by atoms with Crippen molar-refractivity contribution in [3.8, 4) is 12.1 Å². The first-order chi connectivity index (χ1) is 10.7. The second kappa shape index (κ2) is 5.73. The number of rotatable bonds is 4. The Kier molecular flexibility index (Phi) is 4.12. The van der Waals surface area contributed by atoms with Crippen molar-refractivity contribution in [3.63, 3.8) is 0 Å². The van der Waals surface area contributed by atoms with E-state index in [2.05, 4.69) is 22.2 Å². The minimum atomic E-state index is -0.747. The Labute approximate surface area is 136 Å². The number of nitrogens with two attached hydrogens (primary N) is 1. The monoisotopic (exact) mass is 308 g/mol. The molecule has 1 heterocycles. The van der Waals surface area contributed by atoms with Gasteiger partial charge in [-0.15, -0.1) is 0 Å². The largest absolute Gasteiger partial charge is 0.398 e. The van der Waals surface area contributed by atoms with E-state index in [-0.39, 0.29) is 0 Å². The summed E-state index contributed by atoms with van der Waals surface area (Å²) in [4.78, 5) is 3.93. The van der Waals surface area contributed by atoms with Crippen LogP contribution in [-0.2, 0) is 17.4 Å². The van der Waals surface area contributed by atoms with Crippen molar-refractivity contribution in [1.82, 2.24) is 14.8 Å². The number of aromatic nitrogens is 3. The summed E-state index contributed by atoms with van der Waals surface area (Å²) in [5, 5.41) is 23.0. The number of nitrogens with zero attached hydrogens (tertiary/aromatic N) is 5. The molecule has 2 N–H and O–H groups in total. The van der Waals surface area contributed by atoms with Crippen LogP contribution in [0.4, 0.5) is 5.69 Å². The molecule has 118 valence electrons. The van der Waals surface area contributed by atoms with Gasteiger partial charge in [0.15, 0.2) is 0 Å². The van der Waals surface area contributed by atoms with Crippen LogP contribution < -0.4 is 5.73 Å². The van der Waals surface area contributed by atoms with Crippen LogP contribution in [0.3, 0.4) is 0 Å². The maximum absolute atomic E-state index is 9.47. The van der Waals surface area contributed by atoms with E-state index in [1.165, 1.54) is 6.33 Å². The van der Waals surface area contributed by atoms with Crippen LogP contribution in [0.25, 0.3) is 0 Å². The molecule has 0 amide bonds. The van der Waals surface area contributed by atoms with Gasteiger partial charge >= 0.3 is 0 Å². The molecule has 0 fully saturated rings. The normalized spacial score (nSPS) is 11.7. The molecule has 0 bridgehead atoms. The molecule has 0 saturated carbocycles. The lowest BCUT2D eigenvalue weighted by Gasteiger charge is -2.25. The molecule has 6 nitrogen and oxygen atoms in total. The lowest BCUT2D eigenvalue weighted by molar-refractivity contribution is 0.648. The number of nitrogen functional groups attached to an aromatic ring is 1. The third-order valence-corrected chi connectivity index (χ3v) is 4.02. The Hall–Kier alpha value is -2.86. The van der Waals surface area contributed by atoms with E-state index in [0.717, 1.165) is 16.7 Å². The summed E-state index contributed by atoms with van der Waals surface area (Å²) in [6.07, 6.45) is 3.07. The summed E-state index contributed by atoms with van der Waals surface area (Å²) in [5.74, 6) is 0. The van der Waals surface area contributed by atoms with E-state index in [1.54, 1.807) is 11.0 Å². The van der Waals surface area contributed by atoms with Gasteiger partial charge in [0, 0.05) is 5.69 Å². The lowest BCUT2D eigenvalue weighted by Crippen LogP contribution is -2.22. The first kappa shape index (κ1) is 16.5. The summed E-state index contributed by atoms with van der Waals surface area (Å²) in [6.45, 7) is 7.78. The van der Waals surface area contributed by atoms with Gasteiger partial charge in [0.1, 0.15) is 12.7 Å². The Morgan fingerprint density at radius 3 is 2.30 bits per heavy atom. The Morgan fingerprint density at radius 1 is 1.13 bits per heavy atom. The molecular weight excluding hydrogens is 288 g/mol. The fourth-order valence-corrected chi connectivity index (χ4v) is 2.34. The van der Waals surface area contributed by atoms with Crippen molar-refractivity contribution in [3.05, 3.63) is 41.5 Å². The molecule has 0 aliphatic heterocycles. The van der Waals surface area contributed by atoms with Gasteiger partial charge in [-0.05, 0) is 44.4 Å². The summed E-state index contributed by atoms with van der Waals surface area (Å²) >= 11 is 0. The first-order valence-electron chi connectivity index (χ1n) is 7.29. The van der Waals surface area contributed by atoms with Crippen molar-refractivity contribution in [1.29, 1.82) is 10.5 Å². The predicted molar refractivity (Wildman–Crippen MR) is 87.3 cm³/mol. The Balaban J connectivity index is 2.66. The molecule has 1 aromatic heterocycles. The molecule has 0 saturated heterocycles. The van der Waals surface area contributed by atoms with Crippen LogP contribution in [0.1, 0.15) is 44.4 Å². The average molecular weight is 308 g/mol. The van der Waals surface area contributed by atoms with Crippen LogP contribution >= 0.6 is 0 Å². The van der Waals surface area contributed by atoms with Crippen LogP contribution in [0.15, 0.2) is 24.8 Å². The topological polar surface area (TPSA) is 104 Å². The van der Waals surface area contributed by atoms with E-state index < -0.39 is 10.8 Å². The molecule has 2 rings (SSSR count). The lowest BCUT2D eigenvalue weighted by atomic mass is 9.78. The van der Waals surface area contributed by atoms with Gasteiger partial charge in [-0.2, -0.15) is 15.6 Å². The fraction of sp³-hybridized carbons (Fsp3) is 0.412. The highest BCUT2D eigenvalue weighted by atomic mass is 15.3. The first-order valence-corrected chi connectivity index (χ1v) is 7.29. The van der Waals surface area contributed by atoms with Crippen LogP contribution in [0.5, 0.6) is 0 Å². The molecule has 0 aliphatic carbocycles. The molecule has 0 radical (unpaired) electrons. The second-order valence-electron chi connectivity index (χ2n) is 6.66. The predicted octanol–water partition coefficient (Wildman–Crippen LogP) is 2.51. The molecule has 0 unspecified atom stereocenters. The number of benzene rings is 1. The fourth-order valence-electron chi connectivity index (χ4n) is 2.34. The third kappa shape index (κ3) is 3.17. The molecule has 23 heavy (non-hydrogen) atoms. The van der Waals surface area contributed by atoms with Crippen molar-refractivity contribution in [2.24, 2.45) is 0 Å². The minimum absolute atomic E-state index is 0.440. The highest BCUT2D eigenvalue weighted by molar-refractivity contribution is 5.61. The van der Waals surface area contributed by atoms with Gasteiger partial charge in [0.2, 0.25) is 0 Å². The van der Waals surface area contributed by atoms with Gasteiger partial charge in [-0.25, -0.2) is 9.67 Å². The van der Waals surface area contributed by atoms with E-state index in [1.807, 2.05) is 39.8 Å². The van der Waals surface area contributed by atoms with Crippen LogP contribution in [0, 0.1) is 22.7 Å². The molecule has 0 atom stereocenters. The number of hydrogen-bond donors (Lipinski definition) is 1. The van der Waals surface area contributed by atoms with Gasteiger partial charge in [-0.1, -0.05) is 12.1 Å². The minimum Gasteiger partial charge on any atom is -0.398 e. The zero-order valence-corrected chi connectivity index (χ0v) is 13.8. The average Bonchev–Trinajstić information content (AvgIpc) is 3.01. The molecular formula is C17H20N6. The second-order valence-corrected chi connectivity index (χ2v) is 6.66. The summed E-state index contributed by atoms with van der Waals surface area (Å²) < 4.78 is 1.66. The highest BCUT2D eigenvalue weighted by Gasteiger charge is 2.29. The molecule has 0 aliphatic rings. The smallest absolute Gasteiger partial charge is 0.137 e. The quantitative estimate of drug-likeness (QED) is 0.874. The standard InChI is InChI=1S/C17H20N6/c1-16(2,8-18)13-5-12(7-23-11-21-10-22-23)15(20)14(6-13)17(3,4)9-19/h5-6,10-11H,7,20H2,1-4H3. The van der Waals surface area contributed by atoms with Gasteiger partial charge < -0.3 is 5.73 Å². The summed E-state index contributed by atoms with van der Waals surface area (Å²) in [7, 11) is 0. The van der Waals surface area contributed by atoms with Gasteiger partial charge in [-0.3, -0.25) is 0 Å². The Morgan fingerprint density at radius 2 is 1.78 bits per heavy atom. The summed E-state index contributed by atoms with van der Waals surface area (Å²) in [5.41, 5.74) is 7.85. The highest BCUT2D eigenvalue weighted by Crippen LogP contribution is 2.35. The molecule has 2 aromatic rings. The van der Waals surface area contributed by atoms with Crippen LogP contribution in [-0.4, -0.2) is 14.8 Å². The summed E-state index contributed by atoms with van der Waals surface area (Å²) in [6, 6.07) is 8.37. The molecule has 0 spiro atoms. The number of anilines is 1. The number of hydrogen-bond acceptors (Lipinski definition) is 5. The zero-order chi connectivity index (χ0) is 17.3. The van der Waals surface area contributed by atoms with E-state index >= 15 is 0 Å². The van der Waals surface area contributed by atoms with E-state index in [4.69, 9.17) is 5.73 Å².